The number of rotatable bonds is 11. The zero-order valence-corrected chi connectivity index (χ0v) is 45.0. The fourth-order valence-corrected chi connectivity index (χ4v) is 13.4. The normalized spacial score (nSPS) is 34.0. The molecule has 1 heterocycles. The molecule has 0 spiro atoms. The van der Waals surface area contributed by atoms with Crippen molar-refractivity contribution in [3.05, 3.63) is 82.9 Å². The van der Waals surface area contributed by atoms with Gasteiger partial charge in [0.1, 0.15) is 17.8 Å². The zero-order chi connectivity index (χ0) is 40.3. The minimum Gasteiger partial charge on any atom is -0.456 e. The molecule has 3 aliphatic carbocycles. The molecule has 14 heteroatoms. The van der Waals surface area contributed by atoms with Crippen molar-refractivity contribution in [1.29, 1.82) is 0 Å². The fraction of sp³-hybridized carbons (Fsp3) is 0.605. The molecule has 6 rings (SSSR count). The van der Waals surface area contributed by atoms with Crippen LogP contribution in [0.3, 0.4) is 0 Å². The van der Waals surface area contributed by atoms with E-state index >= 15 is 0 Å². The van der Waals surface area contributed by atoms with Gasteiger partial charge in [-0.05, 0) is 66.7 Å². The van der Waals surface area contributed by atoms with Gasteiger partial charge in [0.15, 0.2) is 20.2 Å². The second-order valence-electron chi connectivity index (χ2n) is 17.1. The van der Waals surface area contributed by atoms with Crippen LogP contribution in [0.2, 0.25) is 18.1 Å². The molecule has 2 radical (unpaired) electrons. The molecule has 2 bridgehead atoms. The zero-order valence-electron chi connectivity index (χ0n) is 34.5. The predicted molar refractivity (Wildman–Crippen MR) is 208 cm³/mol. The number of esters is 1. The monoisotopic (exact) mass is 1230 g/mol. The summed E-state index contributed by atoms with van der Waals surface area (Å²) in [6, 6.07) is 19.0. The number of Topliss-reactive ketones (excluding diaryl/α,β-unsaturated/α-hetero) is 1. The maximum absolute atomic E-state index is 15.0. The van der Waals surface area contributed by atoms with Crippen LogP contribution in [-0.4, -0.2) is 94.7 Å². The van der Waals surface area contributed by atoms with Crippen molar-refractivity contribution in [2.24, 2.45) is 22.7 Å². The van der Waals surface area contributed by atoms with E-state index in [1.165, 1.54) is 0 Å². The number of aliphatic hydroxyl groups is 4. The van der Waals surface area contributed by atoms with Crippen LogP contribution in [0.4, 0.5) is 0 Å². The van der Waals surface area contributed by atoms with E-state index in [1.54, 1.807) is 58.9 Å². The summed E-state index contributed by atoms with van der Waals surface area (Å²) in [5.74, 6) is -3.65. The second kappa shape index (κ2) is 18.6. The molecule has 1 saturated heterocycles. The molecule has 2 aromatic carbocycles. The Morgan fingerprint density at radius 3 is 2.04 bits per heavy atom. The van der Waals surface area contributed by atoms with Gasteiger partial charge in [-0.1, -0.05) is 90.1 Å². The van der Waals surface area contributed by atoms with Gasteiger partial charge in [0, 0.05) is 118 Å². The third kappa shape index (κ3) is 8.21. The van der Waals surface area contributed by atoms with Crippen LogP contribution >= 0.6 is 0 Å². The summed E-state index contributed by atoms with van der Waals surface area (Å²) < 4.78 is 19.1. The van der Waals surface area contributed by atoms with E-state index in [9.17, 15) is 34.8 Å². The van der Waals surface area contributed by atoms with E-state index in [1.807, 2.05) is 57.2 Å². The molecule has 1 amide bonds. The van der Waals surface area contributed by atoms with Crippen molar-refractivity contribution >= 4 is 26.0 Å². The Morgan fingerprint density at radius 2 is 1.51 bits per heavy atom. The number of hydrogen-bond donors (Lipinski definition) is 5. The quantitative estimate of drug-likeness (QED) is 0.117. The molecule has 0 aromatic heterocycles. The number of amides is 1. The van der Waals surface area contributed by atoms with Gasteiger partial charge in [-0.2, -0.15) is 0 Å². The van der Waals surface area contributed by atoms with E-state index in [-0.39, 0.29) is 113 Å². The van der Waals surface area contributed by atoms with E-state index in [0.717, 1.165) is 0 Å². The summed E-state index contributed by atoms with van der Waals surface area (Å²) in [5, 5.41) is 51.9. The Bertz CT molecular complexity index is 1800. The van der Waals surface area contributed by atoms with Crippen molar-refractivity contribution < 1.29 is 137 Å². The van der Waals surface area contributed by atoms with Gasteiger partial charge in [-0.15, -0.1) is 0 Å². The Balaban J connectivity index is 0.00000360. The first-order chi connectivity index (χ1) is 25.9. The van der Waals surface area contributed by atoms with Crippen LogP contribution in [0.1, 0.15) is 90.2 Å². The van der Waals surface area contributed by atoms with Crippen molar-refractivity contribution in [2.45, 2.75) is 134 Å². The average Bonchev–Trinajstić information content (AvgIpc) is 3.17. The number of ketones is 1. The Labute approximate surface area is 409 Å². The molecule has 11 atom stereocenters. The summed E-state index contributed by atoms with van der Waals surface area (Å²) in [7, 11) is -2.57. The number of hydrogen-bond acceptors (Lipinski definition) is 10. The Morgan fingerprint density at radius 1 is 0.947 bits per heavy atom. The Hall–Kier alpha value is -0.350. The van der Waals surface area contributed by atoms with Gasteiger partial charge in [0.25, 0.3) is 5.91 Å². The van der Waals surface area contributed by atoms with Crippen LogP contribution in [0.15, 0.2) is 71.8 Å². The molecule has 4 aliphatic rings. The molecule has 306 valence electrons. The maximum Gasteiger partial charge on any atom is 0.337 e. The van der Waals surface area contributed by atoms with E-state index in [2.05, 4.69) is 5.32 Å². The average molecular weight is 1230 g/mol. The summed E-state index contributed by atoms with van der Waals surface area (Å²) in [5.41, 5.74) is -4.45. The second-order valence-corrected chi connectivity index (χ2v) is 21.9. The fourth-order valence-electron chi connectivity index (χ4n) is 10.6. The van der Waals surface area contributed by atoms with E-state index < -0.39 is 96.4 Å². The van der Waals surface area contributed by atoms with Crippen LogP contribution in [-0.2, 0) is 23.5 Å². The maximum atomic E-state index is 15.0. The molecular formula is C43H59Ac2NO10Si. The molecule has 1 aliphatic heterocycles. The van der Waals surface area contributed by atoms with Crippen molar-refractivity contribution in [3.8, 4) is 0 Å². The first-order valence-electron chi connectivity index (χ1n) is 19.8. The van der Waals surface area contributed by atoms with Crippen molar-refractivity contribution in [2.75, 3.05) is 6.61 Å². The van der Waals surface area contributed by atoms with Gasteiger partial charge < -0.3 is 39.6 Å². The molecule has 57 heavy (non-hydrogen) atoms. The Kier molecular flexibility index (Phi) is 16.0. The first kappa shape index (κ1) is 49.3. The van der Waals surface area contributed by atoms with Crippen molar-refractivity contribution in [1.82, 2.24) is 5.32 Å². The number of carbonyl (C=O) groups is 3. The minimum absolute atomic E-state index is 0. The summed E-state index contributed by atoms with van der Waals surface area (Å²) in [4.78, 5) is 43.3. The van der Waals surface area contributed by atoms with Crippen LogP contribution in [0.25, 0.3) is 0 Å². The van der Waals surface area contributed by atoms with Crippen LogP contribution in [0, 0.1) is 111 Å². The number of carbonyl (C=O) groups excluding carboxylic acids is 3. The number of aliphatic hydroxyl groups excluding tert-OH is 2. The third-order valence-corrected chi connectivity index (χ3v) is 19.1. The SMILES string of the molecule is CC[Si](CC)(CC)OC(C(=O)OC1CC2(O)[C@@H](C)C3[C@]4(O)COC4CC(O)[C@@]3(C)C(=O)C(O)C(=C1C)C2(C)C)C(NC(=O)c1ccccc1)c1ccccc1.[Ac].[Ac]. The summed E-state index contributed by atoms with van der Waals surface area (Å²) in [6.45, 7) is 14.6. The van der Waals surface area contributed by atoms with Crippen LogP contribution in [0.5, 0.6) is 0 Å². The molecule has 11 nitrogen and oxygen atoms in total. The summed E-state index contributed by atoms with van der Waals surface area (Å²) >= 11 is 0. The summed E-state index contributed by atoms with van der Waals surface area (Å²) in [6.07, 6.45) is -6.27. The molecule has 2 saturated carbocycles. The first-order valence-corrected chi connectivity index (χ1v) is 22.4. The predicted octanol–water partition coefficient (Wildman–Crippen LogP) is 5.03. The molecule has 5 N–H and O–H groups in total. The van der Waals surface area contributed by atoms with Gasteiger partial charge in [-0.3, -0.25) is 9.59 Å². The van der Waals surface area contributed by atoms with Crippen LogP contribution < -0.4 is 5.32 Å². The third-order valence-electron chi connectivity index (χ3n) is 14.4. The molecule has 8 unspecified atom stereocenters. The largest absolute Gasteiger partial charge is 0.456 e. The smallest absolute Gasteiger partial charge is 0.337 e. The molecule has 3 fully saturated rings. The minimum atomic E-state index is -2.57. The van der Waals surface area contributed by atoms with Gasteiger partial charge in [-0.25, -0.2) is 4.79 Å². The number of benzene rings is 2. The van der Waals surface area contributed by atoms with Crippen molar-refractivity contribution in [3.63, 3.8) is 0 Å². The number of nitrogens with one attached hydrogen (secondary N) is 1. The number of fused-ring (bicyclic) bond motifs is 5. The van der Waals surface area contributed by atoms with E-state index in [4.69, 9.17) is 13.9 Å². The van der Waals surface area contributed by atoms with Gasteiger partial charge in [0.2, 0.25) is 0 Å². The topological polar surface area (TPSA) is 172 Å². The molecule has 2 aromatic rings. The van der Waals surface area contributed by atoms with Gasteiger partial charge >= 0.3 is 5.97 Å². The molecular weight excluding hydrogens is 1170 g/mol. The number of ether oxygens (including phenoxy) is 2. The standard InChI is InChI=1S/C43H59NO10Si.2Ac/c1-9-55(10-2,11-3)54-35(33(27-18-14-12-15-19-27)44-38(48)28-20-16-13-17-21-28)39(49)53-29-23-43(51)26(5)36-41(8,30(45)22-31-42(36,50)24-52-31)37(47)34(46)32(25(29)4)40(43,6)7;;/h12-21,26,29-31,33-36,45-46,50-51H,9-11,22-24H2,1-8H3,(H,44,48);;/t26-,29?,30?,31?,33?,34?,35?,36?,41+,42-,43?;;/m0../s1. The van der Waals surface area contributed by atoms with Gasteiger partial charge in [0.05, 0.1) is 35.9 Å². The van der Waals surface area contributed by atoms with E-state index in [0.29, 0.717) is 34.8 Å².